The Morgan fingerprint density at radius 3 is 2.50 bits per heavy atom. The molecule has 0 aromatic heterocycles. The predicted octanol–water partition coefficient (Wildman–Crippen LogP) is 2.88. The molecule has 1 aromatic carbocycles. The van der Waals surface area contributed by atoms with Gasteiger partial charge in [-0.1, -0.05) is 31.2 Å². The SMILES string of the molecule is Cc1ccccc1CCCC(C)P(=O)(O)O. The number of benzene rings is 1. The number of hydrogen-bond donors (Lipinski definition) is 2. The number of aryl methyl sites for hydroxylation is 2. The Hall–Kier alpha value is -0.630. The van der Waals surface area contributed by atoms with E-state index in [0.29, 0.717) is 6.42 Å². The quantitative estimate of drug-likeness (QED) is 0.780. The van der Waals surface area contributed by atoms with Crippen LogP contribution in [0.5, 0.6) is 0 Å². The minimum Gasteiger partial charge on any atom is -0.324 e. The third-order valence-electron chi connectivity index (χ3n) is 2.90. The van der Waals surface area contributed by atoms with Gasteiger partial charge < -0.3 is 9.79 Å². The minimum absolute atomic E-state index is 0.531. The van der Waals surface area contributed by atoms with Gasteiger partial charge in [-0.15, -0.1) is 0 Å². The summed E-state index contributed by atoms with van der Waals surface area (Å²) in [5.41, 5.74) is 1.98. The van der Waals surface area contributed by atoms with Crippen LogP contribution in [0.25, 0.3) is 0 Å². The van der Waals surface area contributed by atoms with Crippen molar-refractivity contribution in [2.45, 2.75) is 38.8 Å². The summed E-state index contributed by atoms with van der Waals surface area (Å²) in [5.74, 6) is 0. The third-order valence-corrected chi connectivity index (χ3v) is 4.31. The van der Waals surface area contributed by atoms with Crippen LogP contribution in [0.2, 0.25) is 0 Å². The Labute approximate surface area is 96.7 Å². The van der Waals surface area contributed by atoms with Crippen molar-refractivity contribution in [3.63, 3.8) is 0 Å². The standard InChI is InChI=1S/C12H19O3P/c1-10-6-3-4-8-12(10)9-5-7-11(2)16(13,14)15/h3-4,6,8,11H,5,7,9H2,1-2H3,(H2,13,14,15). The molecule has 0 spiro atoms. The van der Waals surface area contributed by atoms with E-state index in [2.05, 4.69) is 19.1 Å². The monoisotopic (exact) mass is 242 g/mol. The minimum atomic E-state index is -3.89. The maximum absolute atomic E-state index is 10.9. The van der Waals surface area contributed by atoms with Crippen LogP contribution in [0.1, 0.15) is 30.9 Å². The molecule has 1 rings (SSSR count). The third kappa shape index (κ3) is 4.09. The maximum Gasteiger partial charge on any atom is 0.328 e. The molecule has 1 atom stereocenters. The zero-order valence-corrected chi connectivity index (χ0v) is 10.7. The van der Waals surface area contributed by atoms with Gasteiger partial charge >= 0.3 is 7.60 Å². The molecule has 0 bridgehead atoms. The molecule has 0 aliphatic rings. The molecular weight excluding hydrogens is 223 g/mol. The van der Waals surface area contributed by atoms with Crippen molar-refractivity contribution >= 4 is 7.60 Å². The van der Waals surface area contributed by atoms with Crippen molar-refractivity contribution in [3.05, 3.63) is 35.4 Å². The van der Waals surface area contributed by atoms with Gasteiger partial charge in [-0.2, -0.15) is 0 Å². The van der Waals surface area contributed by atoms with E-state index in [0.717, 1.165) is 12.8 Å². The summed E-state index contributed by atoms with van der Waals surface area (Å²) in [4.78, 5) is 17.9. The fourth-order valence-electron chi connectivity index (χ4n) is 1.65. The first-order valence-electron chi connectivity index (χ1n) is 5.51. The summed E-state index contributed by atoms with van der Waals surface area (Å²) in [5, 5.41) is 0. The first-order valence-corrected chi connectivity index (χ1v) is 7.19. The summed E-state index contributed by atoms with van der Waals surface area (Å²) >= 11 is 0. The molecule has 3 nitrogen and oxygen atoms in total. The summed E-state index contributed by atoms with van der Waals surface area (Å²) < 4.78 is 10.9. The van der Waals surface area contributed by atoms with Gasteiger partial charge in [0.05, 0.1) is 5.66 Å². The van der Waals surface area contributed by atoms with Crippen molar-refractivity contribution < 1.29 is 14.4 Å². The van der Waals surface area contributed by atoms with E-state index in [1.165, 1.54) is 11.1 Å². The van der Waals surface area contributed by atoms with E-state index in [1.54, 1.807) is 6.92 Å². The Bertz CT molecular complexity index is 384. The van der Waals surface area contributed by atoms with E-state index in [-0.39, 0.29) is 0 Å². The van der Waals surface area contributed by atoms with Crippen LogP contribution in [0.15, 0.2) is 24.3 Å². The van der Waals surface area contributed by atoms with Crippen LogP contribution in [-0.4, -0.2) is 15.4 Å². The Kier molecular flexibility index (Phi) is 4.72. The molecule has 0 fully saturated rings. The lowest BCUT2D eigenvalue weighted by atomic mass is 10.0. The molecule has 1 unspecified atom stereocenters. The first kappa shape index (κ1) is 13.4. The maximum atomic E-state index is 10.9. The number of hydrogen-bond acceptors (Lipinski definition) is 1. The lowest BCUT2D eigenvalue weighted by molar-refractivity contribution is 0.356. The van der Waals surface area contributed by atoms with Crippen molar-refractivity contribution in [2.75, 3.05) is 0 Å². The summed E-state index contributed by atoms with van der Waals surface area (Å²) in [6.07, 6.45) is 2.27. The van der Waals surface area contributed by atoms with E-state index in [9.17, 15) is 4.57 Å². The molecule has 0 saturated heterocycles. The average molecular weight is 242 g/mol. The van der Waals surface area contributed by atoms with Crippen LogP contribution in [0, 0.1) is 6.92 Å². The van der Waals surface area contributed by atoms with Gasteiger partial charge in [-0.3, -0.25) is 4.57 Å². The molecular formula is C12H19O3P. The number of rotatable bonds is 5. The molecule has 0 aliphatic heterocycles. The van der Waals surface area contributed by atoms with Crippen molar-refractivity contribution in [2.24, 2.45) is 0 Å². The van der Waals surface area contributed by atoms with Gasteiger partial charge in [-0.25, -0.2) is 0 Å². The smallest absolute Gasteiger partial charge is 0.324 e. The second kappa shape index (κ2) is 5.62. The molecule has 0 amide bonds. The van der Waals surface area contributed by atoms with Crippen LogP contribution in [0.3, 0.4) is 0 Å². The lowest BCUT2D eigenvalue weighted by Crippen LogP contribution is -2.03. The lowest BCUT2D eigenvalue weighted by Gasteiger charge is -2.13. The van der Waals surface area contributed by atoms with Gasteiger partial charge in [0, 0.05) is 0 Å². The zero-order valence-electron chi connectivity index (χ0n) is 9.76. The molecule has 0 heterocycles. The van der Waals surface area contributed by atoms with Crippen molar-refractivity contribution in [1.82, 2.24) is 0 Å². The second-order valence-electron chi connectivity index (χ2n) is 4.26. The highest BCUT2D eigenvalue weighted by Crippen LogP contribution is 2.43. The van der Waals surface area contributed by atoms with E-state index in [4.69, 9.17) is 9.79 Å². The summed E-state index contributed by atoms with van der Waals surface area (Å²) in [6.45, 7) is 3.67. The Balaban J connectivity index is 2.43. The Morgan fingerprint density at radius 1 is 1.31 bits per heavy atom. The predicted molar refractivity (Wildman–Crippen MR) is 65.6 cm³/mol. The van der Waals surface area contributed by atoms with Gasteiger partial charge in [-0.05, 0) is 37.3 Å². The zero-order chi connectivity index (χ0) is 12.2. The fourth-order valence-corrected chi connectivity index (χ4v) is 2.17. The normalized spacial score (nSPS) is 13.8. The molecule has 2 N–H and O–H groups in total. The second-order valence-corrected chi connectivity index (χ2v) is 6.32. The van der Waals surface area contributed by atoms with Crippen LogP contribution < -0.4 is 0 Å². The molecule has 4 heteroatoms. The highest BCUT2D eigenvalue weighted by molar-refractivity contribution is 7.52. The molecule has 16 heavy (non-hydrogen) atoms. The molecule has 90 valence electrons. The molecule has 1 aromatic rings. The average Bonchev–Trinajstić information content (AvgIpc) is 2.19. The van der Waals surface area contributed by atoms with E-state index >= 15 is 0 Å². The molecule has 0 aliphatic carbocycles. The van der Waals surface area contributed by atoms with Gasteiger partial charge in [0.25, 0.3) is 0 Å². The molecule has 0 radical (unpaired) electrons. The fraction of sp³-hybridized carbons (Fsp3) is 0.500. The van der Waals surface area contributed by atoms with Gasteiger partial charge in [0.2, 0.25) is 0 Å². The van der Waals surface area contributed by atoms with Gasteiger partial charge in [0.1, 0.15) is 0 Å². The van der Waals surface area contributed by atoms with Crippen LogP contribution in [-0.2, 0) is 11.0 Å². The summed E-state index contributed by atoms with van der Waals surface area (Å²) in [6, 6.07) is 8.12. The van der Waals surface area contributed by atoms with Crippen molar-refractivity contribution in [1.29, 1.82) is 0 Å². The van der Waals surface area contributed by atoms with E-state index in [1.807, 2.05) is 12.1 Å². The first-order chi connectivity index (χ1) is 7.41. The van der Waals surface area contributed by atoms with Crippen LogP contribution >= 0.6 is 7.60 Å². The van der Waals surface area contributed by atoms with Gasteiger partial charge in [0.15, 0.2) is 0 Å². The van der Waals surface area contributed by atoms with Crippen molar-refractivity contribution in [3.8, 4) is 0 Å². The topological polar surface area (TPSA) is 57.5 Å². The summed E-state index contributed by atoms with van der Waals surface area (Å²) in [7, 11) is -3.89. The van der Waals surface area contributed by atoms with Crippen LogP contribution in [0.4, 0.5) is 0 Å². The van der Waals surface area contributed by atoms with E-state index < -0.39 is 13.3 Å². The largest absolute Gasteiger partial charge is 0.328 e. The molecule has 0 saturated carbocycles. The Morgan fingerprint density at radius 2 is 1.94 bits per heavy atom. The highest BCUT2D eigenvalue weighted by atomic mass is 31.2. The highest BCUT2D eigenvalue weighted by Gasteiger charge is 2.22.